The van der Waals surface area contributed by atoms with Crippen LogP contribution in [0.5, 0.6) is 0 Å². The summed E-state index contributed by atoms with van der Waals surface area (Å²) in [5.41, 5.74) is -1.34. The normalized spacial score (nSPS) is 15.3. The molecule has 0 saturated carbocycles. The van der Waals surface area contributed by atoms with Gasteiger partial charge in [-0.3, -0.25) is 0 Å². The van der Waals surface area contributed by atoms with Crippen LogP contribution in [-0.2, 0) is 6.18 Å². The Balaban J connectivity index is 2.87. The van der Waals surface area contributed by atoms with Crippen molar-refractivity contribution >= 4 is 21.6 Å². The van der Waals surface area contributed by atoms with E-state index >= 15 is 0 Å². The average Bonchev–Trinajstić information content (AvgIpc) is 2.26. The first-order valence-corrected chi connectivity index (χ1v) is 6.28. The molecule has 18 heavy (non-hydrogen) atoms. The lowest BCUT2D eigenvalue weighted by atomic mass is 10.0. The Kier molecular flexibility index (Phi) is 4.66. The van der Waals surface area contributed by atoms with Crippen molar-refractivity contribution in [2.75, 3.05) is 11.9 Å². The maximum atomic E-state index is 12.7. The quantitative estimate of drug-likeness (QED) is 0.875. The van der Waals surface area contributed by atoms with Gasteiger partial charge in [0.05, 0.1) is 11.2 Å². The van der Waals surface area contributed by atoms with Gasteiger partial charge in [0.15, 0.2) is 0 Å². The molecule has 0 saturated heterocycles. The molecular formula is C12H15BrF3NO. The topological polar surface area (TPSA) is 32.3 Å². The summed E-state index contributed by atoms with van der Waals surface area (Å²) in [6.45, 7) is 3.64. The summed E-state index contributed by atoms with van der Waals surface area (Å²) < 4.78 is 38.0. The molecule has 1 aromatic rings. The zero-order valence-electron chi connectivity index (χ0n) is 10.1. The number of rotatable bonds is 4. The Morgan fingerprint density at radius 1 is 1.33 bits per heavy atom. The van der Waals surface area contributed by atoms with Crippen molar-refractivity contribution in [1.82, 2.24) is 0 Å². The fraction of sp³-hybridized carbons (Fsp3) is 0.500. The molecule has 1 aromatic carbocycles. The van der Waals surface area contributed by atoms with Crippen LogP contribution in [0, 0.1) is 0 Å². The minimum absolute atomic E-state index is 0.00259. The van der Waals surface area contributed by atoms with Crippen molar-refractivity contribution in [3.8, 4) is 0 Å². The summed E-state index contributed by atoms with van der Waals surface area (Å²) >= 11 is 2.87. The summed E-state index contributed by atoms with van der Waals surface area (Å²) in [6, 6.07) is 3.90. The third kappa shape index (κ3) is 4.17. The molecule has 6 heteroatoms. The maximum absolute atomic E-state index is 12.7. The van der Waals surface area contributed by atoms with Crippen LogP contribution < -0.4 is 5.32 Å². The van der Waals surface area contributed by atoms with E-state index in [4.69, 9.17) is 0 Å². The summed E-state index contributed by atoms with van der Waals surface area (Å²) in [6.07, 6.45) is -3.88. The second kappa shape index (κ2) is 5.48. The Morgan fingerprint density at radius 3 is 2.44 bits per heavy atom. The van der Waals surface area contributed by atoms with Crippen LogP contribution in [0.4, 0.5) is 18.9 Å². The molecule has 0 amide bonds. The van der Waals surface area contributed by atoms with Gasteiger partial charge in [-0.25, -0.2) is 0 Å². The van der Waals surface area contributed by atoms with Gasteiger partial charge in [-0.2, -0.15) is 13.2 Å². The molecule has 1 rings (SSSR count). The molecule has 0 aromatic heterocycles. The van der Waals surface area contributed by atoms with Crippen molar-refractivity contribution in [2.45, 2.75) is 32.0 Å². The van der Waals surface area contributed by atoms with Crippen LogP contribution in [0.3, 0.4) is 0 Å². The van der Waals surface area contributed by atoms with E-state index < -0.39 is 17.3 Å². The number of aliphatic hydroxyl groups is 1. The highest BCUT2D eigenvalue weighted by molar-refractivity contribution is 9.10. The summed E-state index contributed by atoms with van der Waals surface area (Å²) in [4.78, 5) is 0. The number of anilines is 1. The largest absolute Gasteiger partial charge is 0.417 e. The molecule has 2 nitrogen and oxygen atoms in total. The van der Waals surface area contributed by atoms with E-state index in [9.17, 15) is 18.3 Å². The fourth-order valence-electron chi connectivity index (χ4n) is 1.27. The van der Waals surface area contributed by atoms with Gasteiger partial charge in [0.1, 0.15) is 0 Å². The number of halogens is 4. The van der Waals surface area contributed by atoms with Gasteiger partial charge in [-0.15, -0.1) is 0 Å². The summed E-state index contributed by atoms with van der Waals surface area (Å²) in [5.74, 6) is 0. The number of benzene rings is 1. The van der Waals surface area contributed by atoms with Gasteiger partial charge in [0.2, 0.25) is 0 Å². The molecule has 2 N–H and O–H groups in total. The standard InChI is InChI=1S/C12H15BrF3NO/c1-3-11(2,18)7-17-8-4-5-10(13)9(6-8)12(14,15)16/h4-6,17-18H,3,7H2,1-2H3. The molecule has 0 fully saturated rings. The van der Waals surface area contributed by atoms with Gasteiger partial charge < -0.3 is 10.4 Å². The molecule has 0 heterocycles. The number of hydrogen-bond acceptors (Lipinski definition) is 2. The van der Waals surface area contributed by atoms with E-state index in [0.29, 0.717) is 12.1 Å². The van der Waals surface area contributed by atoms with Crippen LogP contribution in [0.25, 0.3) is 0 Å². The monoisotopic (exact) mass is 325 g/mol. The van der Waals surface area contributed by atoms with Gasteiger partial charge in [0.25, 0.3) is 0 Å². The van der Waals surface area contributed by atoms with Crippen molar-refractivity contribution < 1.29 is 18.3 Å². The van der Waals surface area contributed by atoms with E-state index in [1.165, 1.54) is 12.1 Å². The third-order valence-electron chi connectivity index (χ3n) is 2.71. The number of nitrogens with one attached hydrogen (secondary N) is 1. The Bertz CT molecular complexity index is 418. The zero-order valence-corrected chi connectivity index (χ0v) is 11.7. The second-order valence-corrected chi connectivity index (χ2v) is 5.25. The van der Waals surface area contributed by atoms with Crippen molar-refractivity contribution in [3.63, 3.8) is 0 Å². The first-order chi connectivity index (χ1) is 8.15. The minimum Gasteiger partial charge on any atom is -0.388 e. The number of hydrogen-bond donors (Lipinski definition) is 2. The molecule has 0 aliphatic rings. The molecule has 0 spiro atoms. The zero-order chi connectivity index (χ0) is 14.0. The summed E-state index contributed by atoms with van der Waals surface area (Å²) in [5, 5.41) is 12.6. The SMILES string of the molecule is CCC(C)(O)CNc1ccc(Br)c(C(F)(F)F)c1. The first kappa shape index (κ1) is 15.3. The van der Waals surface area contributed by atoms with Gasteiger partial charge in [-0.05, 0) is 31.5 Å². The molecule has 0 aliphatic heterocycles. The van der Waals surface area contributed by atoms with Crippen LogP contribution in [0.15, 0.2) is 22.7 Å². The lowest BCUT2D eigenvalue weighted by Gasteiger charge is -2.22. The van der Waals surface area contributed by atoms with Crippen molar-refractivity contribution in [3.05, 3.63) is 28.2 Å². The predicted octanol–water partition coefficient (Wildman–Crippen LogP) is 4.04. The van der Waals surface area contributed by atoms with E-state index in [1.54, 1.807) is 6.92 Å². The maximum Gasteiger partial charge on any atom is 0.417 e. The molecule has 1 atom stereocenters. The predicted molar refractivity (Wildman–Crippen MR) is 68.5 cm³/mol. The lowest BCUT2D eigenvalue weighted by molar-refractivity contribution is -0.138. The third-order valence-corrected chi connectivity index (χ3v) is 3.40. The molecule has 0 aliphatic carbocycles. The van der Waals surface area contributed by atoms with E-state index in [1.807, 2.05) is 6.92 Å². The molecule has 0 radical (unpaired) electrons. The number of alkyl halides is 3. The minimum atomic E-state index is -4.40. The Morgan fingerprint density at radius 2 is 1.94 bits per heavy atom. The van der Waals surface area contributed by atoms with Gasteiger partial charge >= 0.3 is 6.18 Å². The fourth-order valence-corrected chi connectivity index (χ4v) is 1.74. The highest BCUT2D eigenvalue weighted by Gasteiger charge is 2.33. The smallest absolute Gasteiger partial charge is 0.388 e. The van der Waals surface area contributed by atoms with Crippen LogP contribution >= 0.6 is 15.9 Å². The van der Waals surface area contributed by atoms with Gasteiger partial charge in [0, 0.05) is 16.7 Å². The van der Waals surface area contributed by atoms with E-state index in [2.05, 4.69) is 21.2 Å². The van der Waals surface area contributed by atoms with Crippen molar-refractivity contribution in [1.29, 1.82) is 0 Å². The second-order valence-electron chi connectivity index (χ2n) is 4.40. The highest BCUT2D eigenvalue weighted by atomic mass is 79.9. The van der Waals surface area contributed by atoms with E-state index in [-0.39, 0.29) is 11.0 Å². The first-order valence-electron chi connectivity index (χ1n) is 5.49. The molecule has 1 unspecified atom stereocenters. The van der Waals surface area contributed by atoms with Crippen molar-refractivity contribution in [2.24, 2.45) is 0 Å². The van der Waals surface area contributed by atoms with Gasteiger partial charge in [-0.1, -0.05) is 22.9 Å². The Labute approximate surface area is 112 Å². The van der Waals surface area contributed by atoms with Crippen LogP contribution in [-0.4, -0.2) is 17.3 Å². The molecule has 102 valence electrons. The molecular weight excluding hydrogens is 311 g/mol. The summed E-state index contributed by atoms with van der Waals surface area (Å²) in [7, 11) is 0. The lowest BCUT2D eigenvalue weighted by Crippen LogP contribution is -2.32. The van der Waals surface area contributed by atoms with Crippen LogP contribution in [0.2, 0.25) is 0 Å². The van der Waals surface area contributed by atoms with E-state index in [0.717, 1.165) is 6.07 Å². The van der Waals surface area contributed by atoms with Crippen LogP contribution in [0.1, 0.15) is 25.8 Å². The highest BCUT2D eigenvalue weighted by Crippen LogP contribution is 2.36. The average molecular weight is 326 g/mol. The molecule has 0 bridgehead atoms. The Hall–Kier alpha value is -0.750.